The van der Waals surface area contributed by atoms with Gasteiger partial charge in [-0.1, -0.05) is 66.2 Å². The van der Waals surface area contributed by atoms with Crippen LogP contribution in [0, 0.1) is 6.92 Å². The smallest absolute Gasteiger partial charge is 0.268 e. The van der Waals surface area contributed by atoms with Crippen LogP contribution in [-0.4, -0.2) is 25.8 Å². The van der Waals surface area contributed by atoms with Crippen molar-refractivity contribution in [2.24, 2.45) is 0 Å². The third kappa shape index (κ3) is 3.38. The molecule has 0 saturated carbocycles. The predicted octanol–water partition coefficient (Wildman–Crippen LogP) is 4.75. The maximum absolute atomic E-state index is 12.7. The number of amides is 2. The Morgan fingerprint density at radius 1 is 1.19 bits per heavy atom. The zero-order chi connectivity index (χ0) is 19.0. The van der Waals surface area contributed by atoms with Crippen LogP contribution in [0.25, 0.3) is 6.08 Å². The number of aryl methyl sites for hydroxylation is 1. The van der Waals surface area contributed by atoms with E-state index >= 15 is 0 Å². The Morgan fingerprint density at radius 3 is 2.59 bits per heavy atom. The minimum Gasteiger partial charge on any atom is -0.268 e. The Balaban J connectivity index is 1.61. The summed E-state index contributed by atoms with van der Waals surface area (Å²) in [6, 6.07) is 9.41. The number of hydrogen-bond acceptors (Lipinski definition) is 4. The highest BCUT2D eigenvalue weighted by Gasteiger charge is 2.35. The van der Waals surface area contributed by atoms with Crippen molar-refractivity contribution in [3.8, 4) is 0 Å². The maximum Gasteiger partial charge on any atom is 0.293 e. The van der Waals surface area contributed by atoms with Gasteiger partial charge in [0, 0.05) is 5.56 Å². The molecule has 0 unspecified atom stereocenters. The Kier molecular flexibility index (Phi) is 4.76. The van der Waals surface area contributed by atoms with E-state index in [2.05, 4.69) is 5.10 Å². The van der Waals surface area contributed by atoms with Crippen molar-refractivity contribution in [2.75, 3.05) is 0 Å². The molecule has 1 aliphatic carbocycles. The number of nitrogens with zero attached hydrogens (tertiary/aromatic N) is 3. The summed E-state index contributed by atoms with van der Waals surface area (Å²) in [7, 11) is 0. The lowest BCUT2D eigenvalue weighted by Crippen LogP contribution is -2.27. The Labute approximate surface area is 166 Å². The average molecular weight is 398 g/mol. The highest BCUT2D eigenvalue weighted by Crippen LogP contribution is 2.36. The van der Waals surface area contributed by atoms with Crippen molar-refractivity contribution in [3.05, 3.63) is 81.5 Å². The standard InChI is InChI=1S/C20H16ClN3O2S/c1-13-16(18(21)24(22-13)15-9-5-6-10-15)11-17-19(25)23(20(26)27-17)12-14-7-3-2-4-8-14/h2-11,15H,12H2,1H3/b17-11-. The lowest BCUT2D eigenvalue weighted by Gasteiger charge is -2.12. The number of halogens is 1. The summed E-state index contributed by atoms with van der Waals surface area (Å²) in [4.78, 5) is 26.7. The van der Waals surface area contributed by atoms with Gasteiger partial charge >= 0.3 is 0 Å². The number of allylic oxidation sites excluding steroid dienone is 4. The van der Waals surface area contributed by atoms with Crippen LogP contribution < -0.4 is 0 Å². The molecule has 1 saturated heterocycles. The predicted molar refractivity (Wildman–Crippen MR) is 107 cm³/mol. The van der Waals surface area contributed by atoms with E-state index in [9.17, 15) is 9.59 Å². The van der Waals surface area contributed by atoms with Crippen LogP contribution in [0.4, 0.5) is 4.79 Å². The van der Waals surface area contributed by atoms with Crippen LogP contribution >= 0.6 is 23.4 Å². The molecule has 5 nitrogen and oxygen atoms in total. The van der Waals surface area contributed by atoms with Gasteiger partial charge in [0.25, 0.3) is 11.1 Å². The first kappa shape index (κ1) is 17.8. The molecule has 7 heteroatoms. The third-order valence-electron chi connectivity index (χ3n) is 4.41. The number of carbonyl (C=O) groups excluding carboxylic acids is 2. The third-order valence-corrected chi connectivity index (χ3v) is 5.70. The molecule has 136 valence electrons. The molecule has 0 radical (unpaired) electrons. The van der Waals surface area contributed by atoms with E-state index in [0.717, 1.165) is 17.3 Å². The monoisotopic (exact) mass is 397 g/mol. The van der Waals surface area contributed by atoms with Gasteiger partial charge in [0.1, 0.15) is 5.15 Å². The normalized spacial score (nSPS) is 18.4. The van der Waals surface area contributed by atoms with Gasteiger partial charge in [-0.05, 0) is 30.3 Å². The van der Waals surface area contributed by atoms with Gasteiger partial charge in [-0.2, -0.15) is 5.10 Å². The van der Waals surface area contributed by atoms with E-state index < -0.39 is 0 Å². The van der Waals surface area contributed by atoms with Crippen LogP contribution in [0.3, 0.4) is 0 Å². The molecule has 0 spiro atoms. The van der Waals surface area contributed by atoms with Crippen LogP contribution in [0.5, 0.6) is 0 Å². The fourth-order valence-corrected chi connectivity index (χ4v) is 4.17. The first-order chi connectivity index (χ1) is 13.0. The summed E-state index contributed by atoms with van der Waals surface area (Å²) in [5, 5.41) is 4.65. The zero-order valence-electron chi connectivity index (χ0n) is 14.5. The van der Waals surface area contributed by atoms with Crippen LogP contribution in [-0.2, 0) is 11.3 Å². The summed E-state index contributed by atoms with van der Waals surface area (Å²) in [6.07, 6.45) is 9.50. The zero-order valence-corrected chi connectivity index (χ0v) is 16.1. The minimum absolute atomic E-state index is 0.0357. The van der Waals surface area contributed by atoms with E-state index in [0.29, 0.717) is 21.3 Å². The molecule has 0 atom stereocenters. The van der Waals surface area contributed by atoms with Crippen molar-refractivity contribution in [1.29, 1.82) is 0 Å². The van der Waals surface area contributed by atoms with Gasteiger partial charge in [-0.3, -0.25) is 14.5 Å². The van der Waals surface area contributed by atoms with E-state index in [1.54, 1.807) is 10.8 Å². The molecular weight excluding hydrogens is 382 g/mol. The van der Waals surface area contributed by atoms with E-state index in [4.69, 9.17) is 11.6 Å². The summed E-state index contributed by atoms with van der Waals surface area (Å²) in [6.45, 7) is 2.09. The molecule has 0 N–H and O–H groups in total. The topological polar surface area (TPSA) is 55.2 Å². The molecule has 27 heavy (non-hydrogen) atoms. The molecule has 1 fully saturated rings. The highest BCUT2D eigenvalue weighted by atomic mass is 35.5. The number of aromatic nitrogens is 2. The molecule has 2 heterocycles. The average Bonchev–Trinajstić information content (AvgIpc) is 3.35. The summed E-state index contributed by atoms with van der Waals surface area (Å²) < 4.78 is 1.71. The molecule has 2 aliphatic rings. The van der Waals surface area contributed by atoms with Gasteiger partial charge in [0.05, 0.1) is 23.2 Å². The number of rotatable bonds is 4. The number of benzene rings is 1. The van der Waals surface area contributed by atoms with Crippen LogP contribution in [0.1, 0.15) is 22.9 Å². The van der Waals surface area contributed by atoms with Crippen molar-refractivity contribution in [3.63, 3.8) is 0 Å². The van der Waals surface area contributed by atoms with Gasteiger partial charge in [-0.25, -0.2) is 4.68 Å². The van der Waals surface area contributed by atoms with E-state index in [1.807, 2.05) is 61.6 Å². The molecule has 2 aromatic rings. The lowest BCUT2D eigenvalue weighted by molar-refractivity contribution is -0.123. The van der Waals surface area contributed by atoms with Crippen molar-refractivity contribution in [1.82, 2.24) is 14.7 Å². The minimum atomic E-state index is -0.308. The molecule has 1 aliphatic heterocycles. The number of imide groups is 1. The molecule has 2 amide bonds. The van der Waals surface area contributed by atoms with Gasteiger partial charge in [0.2, 0.25) is 0 Å². The summed E-state index contributed by atoms with van der Waals surface area (Å²) in [5.74, 6) is -0.308. The SMILES string of the molecule is Cc1nn(C2C=CC=C2)c(Cl)c1/C=C1\SC(=O)N(Cc2ccccc2)C1=O. The quantitative estimate of drug-likeness (QED) is 0.698. The Bertz CT molecular complexity index is 996. The van der Waals surface area contributed by atoms with Crippen molar-refractivity contribution in [2.45, 2.75) is 19.5 Å². The van der Waals surface area contributed by atoms with Gasteiger partial charge in [0.15, 0.2) is 0 Å². The van der Waals surface area contributed by atoms with Crippen LogP contribution in [0.2, 0.25) is 5.15 Å². The molecule has 4 rings (SSSR count). The molecular formula is C20H16ClN3O2S. The number of thioether (sulfide) groups is 1. The van der Waals surface area contributed by atoms with Crippen molar-refractivity contribution < 1.29 is 9.59 Å². The summed E-state index contributed by atoms with van der Waals surface area (Å²) in [5.41, 5.74) is 2.28. The number of carbonyl (C=O) groups is 2. The van der Waals surface area contributed by atoms with Crippen molar-refractivity contribution >= 4 is 40.6 Å². The Morgan fingerprint density at radius 2 is 1.89 bits per heavy atom. The summed E-state index contributed by atoms with van der Waals surface area (Å²) >= 11 is 7.44. The van der Waals surface area contributed by atoms with Gasteiger partial charge in [-0.15, -0.1) is 0 Å². The fourth-order valence-electron chi connectivity index (χ4n) is 3.01. The van der Waals surface area contributed by atoms with Crippen LogP contribution in [0.15, 0.2) is 59.5 Å². The maximum atomic E-state index is 12.7. The molecule has 1 aromatic heterocycles. The number of hydrogen-bond donors (Lipinski definition) is 0. The molecule has 0 bridgehead atoms. The highest BCUT2D eigenvalue weighted by molar-refractivity contribution is 8.18. The Hall–Kier alpha value is -2.57. The van der Waals surface area contributed by atoms with Gasteiger partial charge < -0.3 is 0 Å². The lowest BCUT2D eigenvalue weighted by atomic mass is 10.2. The second kappa shape index (κ2) is 7.21. The second-order valence-electron chi connectivity index (χ2n) is 6.25. The van der Waals surface area contributed by atoms with E-state index in [-0.39, 0.29) is 23.7 Å². The van der Waals surface area contributed by atoms with E-state index in [1.165, 1.54) is 4.90 Å². The largest absolute Gasteiger partial charge is 0.293 e. The second-order valence-corrected chi connectivity index (χ2v) is 7.60. The fraction of sp³-hybridized carbons (Fsp3) is 0.150. The first-order valence-electron chi connectivity index (χ1n) is 8.43. The molecule has 1 aromatic carbocycles. The first-order valence-corrected chi connectivity index (χ1v) is 9.63.